The van der Waals surface area contributed by atoms with Crippen molar-refractivity contribution in [2.24, 2.45) is 5.92 Å². The van der Waals surface area contributed by atoms with Gasteiger partial charge in [0.15, 0.2) is 11.5 Å². The summed E-state index contributed by atoms with van der Waals surface area (Å²) in [6.07, 6.45) is 5.94. The Bertz CT molecular complexity index is 1580. The van der Waals surface area contributed by atoms with E-state index in [1.807, 2.05) is 74.5 Å². The van der Waals surface area contributed by atoms with E-state index in [1.165, 1.54) is 12.8 Å². The lowest BCUT2D eigenvalue weighted by Gasteiger charge is -2.15. The molecule has 3 aromatic carbocycles. The molecule has 1 aromatic heterocycles. The van der Waals surface area contributed by atoms with E-state index in [2.05, 4.69) is 33.9 Å². The van der Waals surface area contributed by atoms with Gasteiger partial charge in [-0.05, 0) is 67.6 Å². The number of rotatable bonds is 14. The van der Waals surface area contributed by atoms with Gasteiger partial charge in [-0.1, -0.05) is 33.3 Å². The third-order valence-electron chi connectivity index (χ3n) is 6.96. The minimum Gasteiger partial charge on any atom is -0.493 e. The summed E-state index contributed by atoms with van der Waals surface area (Å²) in [5.41, 5.74) is 3.32. The van der Waals surface area contributed by atoms with E-state index >= 15 is 0 Å². The average molecular weight is 596 g/mol. The Morgan fingerprint density at radius 2 is 1.82 bits per heavy atom. The number of unbranched alkanes of at least 4 members (excludes halogenated alkanes) is 1. The van der Waals surface area contributed by atoms with Gasteiger partial charge in [-0.3, -0.25) is 9.78 Å². The number of benzene rings is 3. The van der Waals surface area contributed by atoms with Gasteiger partial charge in [0.05, 0.1) is 37.0 Å². The van der Waals surface area contributed by atoms with E-state index in [0.29, 0.717) is 52.3 Å². The molecule has 5 rings (SSSR count). The topological polar surface area (TPSA) is 118 Å². The van der Waals surface area contributed by atoms with Gasteiger partial charge in [0, 0.05) is 41.6 Å². The van der Waals surface area contributed by atoms with Crippen LogP contribution in [0.2, 0.25) is 0 Å². The molecule has 3 N–H and O–H groups in total. The molecule has 1 heterocycles. The van der Waals surface area contributed by atoms with Crippen LogP contribution in [0.15, 0.2) is 66.9 Å². The van der Waals surface area contributed by atoms with Crippen molar-refractivity contribution in [3.8, 4) is 29.1 Å². The Kier molecular flexibility index (Phi) is 11.6. The fourth-order valence-corrected chi connectivity index (χ4v) is 4.40. The molecule has 0 atom stereocenters. The molecule has 4 aromatic rings. The third-order valence-corrected chi connectivity index (χ3v) is 6.96. The fourth-order valence-electron chi connectivity index (χ4n) is 4.40. The summed E-state index contributed by atoms with van der Waals surface area (Å²) in [6, 6.07) is 20.9. The maximum Gasteiger partial charge on any atom is 0.239 e. The van der Waals surface area contributed by atoms with Crippen LogP contribution < -0.4 is 30.2 Å². The summed E-state index contributed by atoms with van der Waals surface area (Å²) < 4.78 is 17.6. The zero-order valence-corrected chi connectivity index (χ0v) is 25.9. The highest BCUT2D eigenvalue weighted by atomic mass is 16.5. The summed E-state index contributed by atoms with van der Waals surface area (Å²) in [5, 5.41) is 20.0. The molecule has 9 nitrogen and oxygen atoms in total. The summed E-state index contributed by atoms with van der Waals surface area (Å²) >= 11 is 0. The first-order valence-electron chi connectivity index (χ1n) is 15.3. The third kappa shape index (κ3) is 8.77. The highest BCUT2D eigenvalue weighted by Gasteiger charge is 2.21. The van der Waals surface area contributed by atoms with Crippen molar-refractivity contribution in [3.63, 3.8) is 0 Å². The molecular formula is C35H41N5O4. The second-order valence-corrected chi connectivity index (χ2v) is 10.3. The van der Waals surface area contributed by atoms with E-state index < -0.39 is 0 Å². The molecule has 230 valence electrons. The number of aromatic nitrogens is 1. The largest absolute Gasteiger partial charge is 0.493 e. The predicted molar refractivity (Wildman–Crippen MR) is 175 cm³/mol. The molecule has 1 saturated carbocycles. The number of methoxy groups -OCH3 is 1. The Morgan fingerprint density at radius 1 is 1.02 bits per heavy atom. The van der Waals surface area contributed by atoms with Gasteiger partial charge in [-0.2, -0.15) is 5.26 Å². The SMILES string of the molecule is CC.CCCCOc1cc2ncc(C#N)c(Nc3ccc(Oc4cccc(NCC(=O)NCC5CC5)c4)cc3)c2cc1OC. The van der Waals surface area contributed by atoms with Crippen molar-refractivity contribution >= 4 is 33.9 Å². The number of nitrogens with zero attached hydrogens (tertiary/aromatic N) is 2. The van der Waals surface area contributed by atoms with Crippen molar-refractivity contribution in [2.45, 2.75) is 46.5 Å². The van der Waals surface area contributed by atoms with Crippen LogP contribution in [0, 0.1) is 17.2 Å². The van der Waals surface area contributed by atoms with Crippen LogP contribution in [0.4, 0.5) is 17.1 Å². The van der Waals surface area contributed by atoms with Gasteiger partial charge in [0.25, 0.3) is 0 Å². The zero-order chi connectivity index (χ0) is 31.3. The van der Waals surface area contributed by atoms with Gasteiger partial charge in [-0.25, -0.2) is 0 Å². The molecule has 44 heavy (non-hydrogen) atoms. The lowest BCUT2D eigenvalue weighted by molar-refractivity contribution is -0.119. The number of hydrogen-bond acceptors (Lipinski definition) is 8. The molecule has 0 saturated heterocycles. The summed E-state index contributed by atoms with van der Waals surface area (Å²) in [7, 11) is 1.60. The fraction of sp³-hybridized carbons (Fsp3) is 0.343. The Morgan fingerprint density at radius 3 is 2.52 bits per heavy atom. The molecule has 1 aliphatic carbocycles. The Labute approximate surface area is 259 Å². The number of nitrogens with one attached hydrogen (secondary N) is 3. The summed E-state index contributed by atoms with van der Waals surface area (Å²) in [5.74, 6) is 3.14. The van der Waals surface area contributed by atoms with E-state index in [-0.39, 0.29) is 12.5 Å². The standard InChI is InChI=1S/C33H35N5O4.C2H6/c1-3-4-14-41-31-17-29-28(16-30(31)40-2)33(23(18-34)20-36-29)38-24-10-12-26(13-11-24)42-27-7-5-6-25(15-27)35-21-32(39)37-19-22-8-9-22;1-2/h5-7,10-13,15-17,20,22,35H,3-4,8-9,14,19,21H2,1-2H3,(H,36,38)(H,37,39);1-2H3. The highest BCUT2D eigenvalue weighted by molar-refractivity contribution is 5.97. The summed E-state index contributed by atoms with van der Waals surface area (Å²) in [4.78, 5) is 16.5. The smallest absolute Gasteiger partial charge is 0.239 e. The van der Waals surface area contributed by atoms with Crippen molar-refractivity contribution in [1.82, 2.24) is 10.3 Å². The predicted octanol–water partition coefficient (Wildman–Crippen LogP) is 7.79. The minimum absolute atomic E-state index is 0.0166. The normalized spacial score (nSPS) is 11.9. The average Bonchev–Trinajstić information content (AvgIpc) is 3.89. The van der Waals surface area contributed by atoms with Crippen molar-refractivity contribution < 1.29 is 19.0 Å². The lowest BCUT2D eigenvalue weighted by atomic mass is 10.1. The molecule has 0 spiro atoms. The quantitative estimate of drug-likeness (QED) is 0.126. The number of fused-ring (bicyclic) bond motifs is 1. The number of pyridine rings is 1. The van der Waals surface area contributed by atoms with Gasteiger partial charge in [0.1, 0.15) is 17.6 Å². The van der Waals surface area contributed by atoms with Gasteiger partial charge < -0.3 is 30.2 Å². The molecule has 1 amide bonds. The van der Waals surface area contributed by atoms with Crippen LogP contribution >= 0.6 is 0 Å². The van der Waals surface area contributed by atoms with Crippen molar-refractivity contribution in [3.05, 3.63) is 72.4 Å². The molecule has 9 heteroatoms. The summed E-state index contributed by atoms with van der Waals surface area (Å²) in [6.45, 7) is 7.67. The monoisotopic (exact) mass is 595 g/mol. The molecule has 0 unspecified atom stereocenters. The van der Waals surface area contributed by atoms with E-state index in [9.17, 15) is 10.1 Å². The van der Waals surface area contributed by atoms with E-state index in [0.717, 1.165) is 36.1 Å². The van der Waals surface area contributed by atoms with E-state index in [4.69, 9.17) is 14.2 Å². The molecule has 0 radical (unpaired) electrons. The molecule has 0 bridgehead atoms. The van der Waals surface area contributed by atoms with Crippen LogP contribution in [0.25, 0.3) is 10.9 Å². The van der Waals surface area contributed by atoms with Crippen molar-refractivity contribution in [2.75, 3.05) is 37.4 Å². The first-order valence-corrected chi connectivity index (χ1v) is 15.3. The van der Waals surface area contributed by atoms with E-state index in [1.54, 1.807) is 13.3 Å². The Hall–Kier alpha value is -4.97. The minimum atomic E-state index is -0.0166. The second-order valence-electron chi connectivity index (χ2n) is 10.3. The van der Waals surface area contributed by atoms with Crippen LogP contribution in [0.3, 0.4) is 0 Å². The number of carbonyl (C=O) groups is 1. The molecule has 0 aliphatic heterocycles. The van der Waals surface area contributed by atoms with Gasteiger partial charge >= 0.3 is 0 Å². The lowest BCUT2D eigenvalue weighted by Crippen LogP contribution is -2.31. The molecule has 1 aliphatic rings. The zero-order valence-electron chi connectivity index (χ0n) is 25.9. The number of carbonyl (C=O) groups excluding carboxylic acids is 1. The van der Waals surface area contributed by atoms with Crippen LogP contribution in [-0.2, 0) is 4.79 Å². The van der Waals surface area contributed by atoms with Crippen LogP contribution in [-0.4, -0.2) is 37.7 Å². The van der Waals surface area contributed by atoms with Crippen molar-refractivity contribution in [1.29, 1.82) is 5.26 Å². The number of nitriles is 1. The number of anilines is 3. The number of amides is 1. The highest BCUT2D eigenvalue weighted by Crippen LogP contribution is 2.37. The van der Waals surface area contributed by atoms with Crippen LogP contribution in [0.1, 0.15) is 52.0 Å². The molecule has 1 fully saturated rings. The maximum atomic E-state index is 12.1. The second kappa shape index (κ2) is 16.0. The molecular weight excluding hydrogens is 554 g/mol. The van der Waals surface area contributed by atoms with Crippen LogP contribution in [0.5, 0.6) is 23.0 Å². The van der Waals surface area contributed by atoms with Gasteiger partial charge in [-0.15, -0.1) is 0 Å². The number of ether oxygens (including phenoxy) is 3. The number of hydrogen-bond donors (Lipinski definition) is 3. The Balaban J connectivity index is 0.00000216. The maximum absolute atomic E-state index is 12.1. The first-order chi connectivity index (χ1) is 21.6. The van der Waals surface area contributed by atoms with Gasteiger partial charge in [0.2, 0.25) is 5.91 Å². The first kappa shape index (κ1) is 32.0.